The van der Waals surface area contributed by atoms with Crippen LogP contribution < -0.4 is 5.73 Å². The summed E-state index contributed by atoms with van der Waals surface area (Å²) >= 11 is 0. The fourth-order valence-electron chi connectivity index (χ4n) is 2.05. The number of hydrogen-bond acceptors (Lipinski definition) is 4. The minimum atomic E-state index is 0.482. The molecule has 0 saturated carbocycles. The van der Waals surface area contributed by atoms with Gasteiger partial charge in [0.05, 0.1) is 12.7 Å². The molecule has 0 aromatic carbocycles. The van der Waals surface area contributed by atoms with Crippen molar-refractivity contribution in [2.24, 2.45) is 7.05 Å². The van der Waals surface area contributed by atoms with E-state index >= 15 is 0 Å². The second kappa shape index (κ2) is 3.83. The normalized spacial score (nSPS) is 11.2. The lowest BCUT2D eigenvalue weighted by atomic mass is 10.3. The number of aromatic nitrogens is 5. The Morgan fingerprint density at radius 1 is 1.39 bits per heavy atom. The summed E-state index contributed by atoms with van der Waals surface area (Å²) in [5.74, 6) is 0.482. The summed E-state index contributed by atoms with van der Waals surface area (Å²) in [6.07, 6.45) is 5.56. The topological polar surface area (TPSA) is 74.6 Å². The van der Waals surface area contributed by atoms with Gasteiger partial charge in [-0.3, -0.25) is 9.25 Å². The minimum Gasteiger partial charge on any atom is -0.369 e. The second-order valence-corrected chi connectivity index (χ2v) is 4.38. The minimum absolute atomic E-state index is 0.482. The standard InChI is InChI=1S/C12H14N6/c1-8-3-4-14-11-10(8)16-12(13)18(11)7-9-5-15-17(2)6-9/h3-6H,7H2,1-2H3,(H2,13,16). The van der Waals surface area contributed by atoms with Crippen molar-refractivity contribution in [1.29, 1.82) is 0 Å². The van der Waals surface area contributed by atoms with Crippen LogP contribution in [0.5, 0.6) is 0 Å². The average Bonchev–Trinajstić information content (AvgIpc) is 2.87. The van der Waals surface area contributed by atoms with Crippen LogP contribution >= 0.6 is 0 Å². The molecule has 3 rings (SSSR count). The number of nitrogens with two attached hydrogens (primary N) is 1. The lowest BCUT2D eigenvalue weighted by molar-refractivity contribution is 0.764. The zero-order valence-electron chi connectivity index (χ0n) is 10.3. The first-order valence-corrected chi connectivity index (χ1v) is 5.70. The lowest BCUT2D eigenvalue weighted by Crippen LogP contribution is -2.04. The first-order valence-electron chi connectivity index (χ1n) is 5.70. The molecule has 0 aliphatic heterocycles. The summed E-state index contributed by atoms with van der Waals surface area (Å²) in [4.78, 5) is 8.73. The molecule has 6 nitrogen and oxygen atoms in total. The van der Waals surface area contributed by atoms with E-state index in [1.54, 1.807) is 10.9 Å². The predicted octanol–water partition coefficient (Wildman–Crippen LogP) is 1.10. The van der Waals surface area contributed by atoms with Gasteiger partial charge in [-0.25, -0.2) is 9.97 Å². The number of hydrogen-bond donors (Lipinski definition) is 1. The van der Waals surface area contributed by atoms with E-state index in [4.69, 9.17) is 5.73 Å². The second-order valence-electron chi connectivity index (χ2n) is 4.38. The molecule has 0 aliphatic carbocycles. The molecule has 0 saturated heterocycles. The number of anilines is 1. The maximum atomic E-state index is 5.96. The highest BCUT2D eigenvalue weighted by Gasteiger charge is 2.11. The van der Waals surface area contributed by atoms with Crippen LogP contribution in [0.2, 0.25) is 0 Å². The van der Waals surface area contributed by atoms with Crippen molar-refractivity contribution in [2.45, 2.75) is 13.5 Å². The van der Waals surface area contributed by atoms with Crippen molar-refractivity contribution in [3.8, 4) is 0 Å². The molecule has 18 heavy (non-hydrogen) atoms. The molecule has 3 heterocycles. The third kappa shape index (κ3) is 1.62. The number of pyridine rings is 1. The van der Waals surface area contributed by atoms with Crippen LogP contribution in [0.1, 0.15) is 11.1 Å². The summed E-state index contributed by atoms with van der Waals surface area (Å²) in [6.45, 7) is 2.64. The Hall–Kier alpha value is -2.37. The fourth-order valence-corrected chi connectivity index (χ4v) is 2.05. The number of nitrogens with zero attached hydrogens (tertiary/aromatic N) is 5. The Morgan fingerprint density at radius 2 is 2.22 bits per heavy atom. The Balaban J connectivity index is 2.11. The Kier molecular flexibility index (Phi) is 2.29. The summed E-state index contributed by atoms with van der Waals surface area (Å²) in [6, 6.07) is 1.93. The van der Waals surface area contributed by atoms with E-state index in [0.29, 0.717) is 12.5 Å². The van der Waals surface area contributed by atoms with Crippen LogP contribution in [0.15, 0.2) is 24.7 Å². The summed E-state index contributed by atoms with van der Waals surface area (Å²) < 4.78 is 3.67. The third-order valence-corrected chi connectivity index (χ3v) is 2.96. The summed E-state index contributed by atoms with van der Waals surface area (Å²) in [5.41, 5.74) is 9.79. The number of nitrogen functional groups attached to an aromatic ring is 1. The average molecular weight is 242 g/mol. The van der Waals surface area contributed by atoms with Gasteiger partial charge in [0, 0.05) is 25.0 Å². The van der Waals surface area contributed by atoms with Crippen LogP contribution in [0.25, 0.3) is 11.2 Å². The van der Waals surface area contributed by atoms with Gasteiger partial charge < -0.3 is 5.73 Å². The van der Waals surface area contributed by atoms with Gasteiger partial charge in [-0.1, -0.05) is 0 Å². The molecule has 0 aliphatic rings. The molecule has 0 spiro atoms. The highest BCUT2D eigenvalue weighted by Crippen LogP contribution is 2.19. The zero-order chi connectivity index (χ0) is 12.7. The van der Waals surface area contributed by atoms with E-state index in [-0.39, 0.29) is 0 Å². The Bertz CT molecular complexity index is 709. The Morgan fingerprint density at radius 3 is 2.94 bits per heavy atom. The fraction of sp³-hybridized carbons (Fsp3) is 0.250. The first-order chi connectivity index (χ1) is 8.65. The van der Waals surface area contributed by atoms with Crippen molar-refractivity contribution >= 4 is 17.1 Å². The van der Waals surface area contributed by atoms with Crippen molar-refractivity contribution in [2.75, 3.05) is 5.73 Å². The molecule has 6 heteroatoms. The molecule has 0 unspecified atom stereocenters. The first kappa shape index (κ1) is 10.8. The molecule has 0 atom stereocenters. The molecule has 92 valence electrons. The lowest BCUT2D eigenvalue weighted by Gasteiger charge is -2.03. The molecule has 0 amide bonds. The number of fused-ring (bicyclic) bond motifs is 1. The van der Waals surface area contributed by atoms with Gasteiger partial charge in [0.1, 0.15) is 5.52 Å². The molecule has 2 N–H and O–H groups in total. The molecular formula is C12H14N6. The summed E-state index contributed by atoms with van der Waals surface area (Å²) in [7, 11) is 1.89. The van der Waals surface area contributed by atoms with E-state index in [0.717, 1.165) is 22.3 Å². The molecule has 3 aromatic rings. The van der Waals surface area contributed by atoms with Crippen LogP contribution in [-0.4, -0.2) is 24.3 Å². The van der Waals surface area contributed by atoms with Crippen LogP contribution in [0.4, 0.5) is 5.95 Å². The van der Waals surface area contributed by atoms with Crippen LogP contribution in [-0.2, 0) is 13.6 Å². The smallest absolute Gasteiger partial charge is 0.202 e. The highest BCUT2D eigenvalue weighted by atomic mass is 15.2. The van der Waals surface area contributed by atoms with E-state index in [2.05, 4.69) is 15.1 Å². The van der Waals surface area contributed by atoms with E-state index in [9.17, 15) is 0 Å². The molecule has 0 fully saturated rings. The van der Waals surface area contributed by atoms with E-state index < -0.39 is 0 Å². The SMILES string of the molecule is Cc1ccnc2c1nc(N)n2Cc1cnn(C)c1. The van der Waals surface area contributed by atoms with Gasteiger partial charge in [-0.2, -0.15) is 5.10 Å². The molecule has 3 aromatic heterocycles. The molecule has 0 radical (unpaired) electrons. The van der Waals surface area contributed by atoms with Gasteiger partial charge >= 0.3 is 0 Å². The zero-order valence-corrected chi connectivity index (χ0v) is 10.3. The van der Waals surface area contributed by atoms with Crippen LogP contribution in [0.3, 0.4) is 0 Å². The van der Waals surface area contributed by atoms with E-state index in [1.807, 2.05) is 37.0 Å². The quantitative estimate of drug-likeness (QED) is 0.730. The maximum Gasteiger partial charge on any atom is 0.202 e. The highest BCUT2D eigenvalue weighted by molar-refractivity contribution is 5.77. The molecule has 0 bridgehead atoms. The van der Waals surface area contributed by atoms with Gasteiger partial charge in [0.2, 0.25) is 5.95 Å². The van der Waals surface area contributed by atoms with E-state index in [1.165, 1.54) is 0 Å². The number of rotatable bonds is 2. The molecular weight excluding hydrogens is 228 g/mol. The number of imidazole rings is 1. The van der Waals surface area contributed by atoms with Crippen molar-refractivity contribution in [3.63, 3.8) is 0 Å². The van der Waals surface area contributed by atoms with Gasteiger partial charge in [-0.15, -0.1) is 0 Å². The van der Waals surface area contributed by atoms with Crippen molar-refractivity contribution < 1.29 is 0 Å². The van der Waals surface area contributed by atoms with Gasteiger partial charge in [0.25, 0.3) is 0 Å². The van der Waals surface area contributed by atoms with Gasteiger partial charge in [0.15, 0.2) is 5.65 Å². The largest absolute Gasteiger partial charge is 0.369 e. The summed E-state index contributed by atoms with van der Waals surface area (Å²) in [5, 5.41) is 4.15. The monoisotopic (exact) mass is 242 g/mol. The number of aryl methyl sites for hydroxylation is 2. The maximum absolute atomic E-state index is 5.96. The van der Waals surface area contributed by atoms with Gasteiger partial charge in [-0.05, 0) is 18.6 Å². The van der Waals surface area contributed by atoms with Crippen molar-refractivity contribution in [1.82, 2.24) is 24.3 Å². The third-order valence-electron chi connectivity index (χ3n) is 2.96. The Labute approximate surface area is 104 Å². The van der Waals surface area contributed by atoms with Crippen LogP contribution in [0, 0.1) is 6.92 Å². The predicted molar refractivity (Wildman–Crippen MR) is 69.0 cm³/mol. The van der Waals surface area contributed by atoms with Crippen molar-refractivity contribution in [3.05, 3.63) is 35.8 Å².